The Morgan fingerprint density at radius 2 is 1.85 bits per heavy atom. The van der Waals surface area contributed by atoms with Gasteiger partial charge in [-0.3, -0.25) is 14.6 Å². The molecule has 1 heterocycles. The first-order chi connectivity index (χ1) is 9.54. The van der Waals surface area contributed by atoms with Crippen molar-refractivity contribution in [1.82, 2.24) is 14.7 Å². The average Bonchev–Trinajstić information content (AvgIpc) is 2.41. The molecule has 110 valence electrons. The van der Waals surface area contributed by atoms with Crippen LogP contribution in [0.4, 0.5) is 0 Å². The van der Waals surface area contributed by atoms with E-state index in [0.29, 0.717) is 6.54 Å². The van der Waals surface area contributed by atoms with E-state index in [9.17, 15) is 4.79 Å². The third kappa shape index (κ3) is 4.47. The van der Waals surface area contributed by atoms with Crippen LogP contribution in [0.25, 0.3) is 0 Å². The molecule has 20 heavy (non-hydrogen) atoms. The number of rotatable bonds is 4. The summed E-state index contributed by atoms with van der Waals surface area (Å²) >= 11 is 6.00. The fourth-order valence-electron chi connectivity index (χ4n) is 2.33. The molecule has 1 aliphatic heterocycles. The number of piperazine rings is 1. The summed E-state index contributed by atoms with van der Waals surface area (Å²) in [5, 5.41) is 0.790. The van der Waals surface area contributed by atoms with E-state index < -0.39 is 0 Å². The molecule has 2 rings (SSSR count). The fraction of sp³-hybridized carbons (Fsp3) is 0.533. The van der Waals surface area contributed by atoms with Gasteiger partial charge in [-0.2, -0.15) is 0 Å². The molecular weight excluding hydrogens is 274 g/mol. The highest BCUT2D eigenvalue weighted by atomic mass is 35.5. The second-order valence-electron chi connectivity index (χ2n) is 5.47. The number of nitrogens with zero attached hydrogens (tertiary/aromatic N) is 3. The van der Waals surface area contributed by atoms with Crippen LogP contribution >= 0.6 is 11.6 Å². The number of hydrogen-bond acceptors (Lipinski definition) is 3. The molecule has 1 saturated heterocycles. The molecule has 0 unspecified atom stereocenters. The summed E-state index contributed by atoms with van der Waals surface area (Å²) in [4.78, 5) is 18.0. The Morgan fingerprint density at radius 3 is 2.45 bits per heavy atom. The van der Waals surface area contributed by atoms with Crippen LogP contribution in [-0.2, 0) is 11.3 Å². The predicted octanol–water partition coefficient (Wildman–Crippen LogP) is 1.55. The first-order valence-corrected chi connectivity index (χ1v) is 7.31. The zero-order chi connectivity index (χ0) is 14.5. The van der Waals surface area contributed by atoms with E-state index in [1.165, 1.54) is 5.56 Å². The zero-order valence-electron chi connectivity index (χ0n) is 12.2. The van der Waals surface area contributed by atoms with Crippen LogP contribution in [0.2, 0.25) is 5.02 Å². The molecule has 1 aromatic rings. The minimum absolute atomic E-state index is 0.174. The Balaban J connectivity index is 1.78. The van der Waals surface area contributed by atoms with Crippen molar-refractivity contribution in [3.63, 3.8) is 0 Å². The zero-order valence-corrected chi connectivity index (χ0v) is 12.9. The van der Waals surface area contributed by atoms with Gasteiger partial charge in [-0.15, -0.1) is 0 Å². The van der Waals surface area contributed by atoms with Gasteiger partial charge in [-0.1, -0.05) is 23.7 Å². The van der Waals surface area contributed by atoms with Gasteiger partial charge in [0.05, 0.1) is 6.54 Å². The number of likely N-dealkylation sites (N-methyl/N-ethyl adjacent to an activating group) is 1. The van der Waals surface area contributed by atoms with Gasteiger partial charge in [0, 0.05) is 51.8 Å². The van der Waals surface area contributed by atoms with E-state index in [1.54, 1.807) is 19.0 Å². The summed E-state index contributed by atoms with van der Waals surface area (Å²) in [7, 11) is 3.61. The largest absolute Gasteiger partial charge is 0.348 e. The Hall–Kier alpha value is -1.10. The summed E-state index contributed by atoms with van der Waals surface area (Å²) < 4.78 is 0. The minimum Gasteiger partial charge on any atom is -0.348 e. The number of benzene rings is 1. The number of amides is 1. The number of halogens is 1. The maximum absolute atomic E-state index is 11.7. The van der Waals surface area contributed by atoms with Crippen LogP contribution < -0.4 is 0 Å². The third-order valence-electron chi connectivity index (χ3n) is 3.62. The molecule has 5 heteroatoms. The van der Waals surface area contributed by atoms with Crippen molar-refractivity contribution in [3.8, 4) is 0 Å². The Labute approximate surface area is 125 Å². The van der Waals surface area contributed by atoms with E-state index >= 15 is 0 Å². The maximum atomic E-state index is 11.7. The molecule has 4 nitrogen and oxygen atoms in total. The Bertz CT molecular complexity index is 456. The molecule has 0 bridgehead atoms. The topological polar surface area (TPSA) is 26.8 Å². The molecule has 0 atom stereocenters. The lowest BCUT2D eigenvalue weighted by atomic mass is 10.2. The van der Waals surface area contributed by atoms with Crippen molar-refractivity contribution in [3.05, 3.63) is 34.9 Å². The second-order valence-corrected chi connectivity index (χ2v) is 5.91. The highest BCUT2D eigenvalue weighted by Crippen LogP contribution is 2.13. The molecule has 0 aromatic heterocycles. The number of hydrogen-bond donors (Lipinski definition) is 0. The summed E-state index contributed by atoms with van der Waals surface area (Å²) in [6.45, 7) is 5.33. The van der Waals surface area contributed by atoms with Crippen molar-refractivity contribution in [2.45, 2.75) is 6.54 Å². The van der Waals surface area contributed by atoms with Gasteiger partial charge in [0.2, 0.25) is 5.91 Å². The summed E-state index contributed by atoms with van der Waals surface area (Å²) in [6, 6.07) is 8.01. The fourth-order valence-corrected chi connectivity index (χ4v) is 2.54. The highest BCUT2D eigenvalue weighted by Gasteiger charge is 2.19. The lowest BCUT2D eigenvalue weighted by Gasteiger charge is -2.34. The van der Waals surface area contributed by atoms with Crippen LogP contribution in [0.3, 0.4) is 0 Å². The minimum atomic E-state index is 0.174. The van der Waals surface area contributed by atoms with Gasteiger partial charge in [0.25, 0.3) is 0 Å². The monoisotopic (exact) mass is 295 g/mol. The van der Waals surface area contributed by atoms with Crippen LogP contribution in [-0.4, -0.2) is 67.4 Å². The maximum Gasteiger partial charge on any atom is 0.236 e. The summed E-state index contributed by atoms with van der Waals surface area (Å²) in [5.74, 6) is 0.174. The molecule has 0 N–H and O–H groups in total. The molecule has 0 aliphatic carbocycles. The van der Waals surface area contributed by atoms with Crippen LogP contribution in [0, 0.1) is 0 Å². The molecule has 1 aromatic carbocycles. The van der Waals surface area contributed by atoms with E-state index in [0.717, 1.165) is 37.7 Å². The van der Waals surface area contributed by atoms with Gasteiger partial charge >= 0.3 is 0 Å². The van der Waals surface area contributed by atoms with Gasteiger partial charge in [0.15, 0.2) is 0 Å². The Kier molecular flexibility index (Phi) is 5.40. The van der Waals surface area contributed by atoms with E-state index in [4.69, 9.17) is 11.6 Å². The number of carbonyl (C=O) groups is 1. The lowest BCUT2D eigenvalue weighted by Crippen LogP contribution is -2.48. The predicted molar refractivity (Wildman–Crippen MR) is 81.9 cm³/mol. The van der Waals surface area contributed by atoms with Gasteiger partial charge in [-0.05, 0) is 17.7 Å². The average molecular weight is 296 g/mol. The molecule has 1 fully saturated rings. The highest BCUT2D eigenvalue weighted by molar-refractivity contribution is 6.30. The first-order valence-electron chi connectivity index (χ1n) is 6.94. The van der Waals surface area contributed by atoms with Crippen LogP contribution in [0.1, 0.15) is 5.56 Å². The standard InChI is InChI=1S/C15H22ClN3O/c1-17(2)15(20)12-19-8-6-18(7-9-19)11-13-4-3-5-14(16)10-13/h3-5,10H,6-9,11-12H2,1-2H3. The Morgan fingerprint density at radius 1 is 1.20 bits per heavy atom. The van der Waals surface area contributed by atoms with Gasteiger partial charge < -0.3 is 4.90 Å². The van der Waals surface area contributed by atoms with Crippen molar-refractivity contribution >= 4 is 17.5 Å². The van der Waals surface area contributed by atoms with Gasteiger partial charge in [-0.25, -0.2) is 0 Å². The van der Waals surface area contributed by atoms with E-state index in [1.807, 2.05) is 18.2 Å². The quantitative estimate of drug-likeness (QED) is 0.843. The molecule has 0 spiro atoms. The van der Waals surface area contributed by atoms with Crippen LogP contribution in [0.5, 0.6) is 0 Å². The lowest BCUT2D eigenvalue weighted by molar-refractivity contribution is -0.130. The number of carbonyl (C=O) groups excluding carboxylic acids is 1. The normalized spacial score (nSPS) is 17.1. The van der Waals surface area contributed by atoms with Crippen molar-refractivity contribution in [2.75, 3.05) is 46.8 Å². The van der Waals surface area contributed by atoms with E-state index in [-0.39, 0.29) is 5.91 Å². The molecule has 1 aliphatic rings. The SMILES string of the molecule is CN(C)C(=O)CN1CCN(Cc2cccc(Cl)c2)CC1. The van der Waals surface area contributed by atoms with E-state index in [2.05, 4.69) is 15.9 Å². The summed E-state index contributed by atoms with van der Waals surface area (Å²) in [5.41, 5.74) is 1.25. The molecular formula is C15H22ClN3O. The third-order valence-corrected chi connectivity index (χ3v) is 3.85. The smallest absolute Gasteiger partial charge is 0.236 e. The van der Waals surface area contributed by atoms with Gasteiger partial charge in [0.1, 0.15) is 0 Å². The summed E-state index contributed by atoms with van der Waals surface area (Å²) in [6.07, 6.45) is 0. The molecule has 0 radical (unpaired) electrons. The van der Waals surface area contributed by atoms with Crippen molar-refractivity contribution < 1.29 is 4.79 Å². The van der Waals surface area contributed by atoms with Crippen molar-refractivity contribution in [2.24, 2.45) is 0 Å². The van der Waals surface area contributed by atoms with Crippen molar-refractivity contribution in [1.29, 1.82) is 0 Å². The molecule has 1 amide bonds. The van der Waals surface area contributed by atoms with Crippen LogP contribution in [0.15, 0.2) is 24.3 Å². The first kappa shape index (κ1) is 15.3. The molecule has 0 saturated carbocycles. The second kappa shape index (κ2) is 7.07.